The average Bonchev–Trinajstić information content (AvgIpc) is 2.54. The topological polar surface area (TPSA) is 41.6 Å². The fraction of sp³-hybridized carbons (Fsp3) is 0.588. The van der Waals surface area contributed by atoms with Crippen molar-refractivity contribution < 1.29 is 9.53 Å². The molecule has 1 heterocycles. The van der Waals surface area contributed by atoms with Crippen LogP contribution in [0.4, 0.5) is 0 Å². The van der Waals surface area contributed by atoms with E-state index in [2.05, 4.69) is 40.5 Å². The minimum Gasteiger partial charge on any atom is -0.468 e. The smallest absolute Gasteiger partial charge is 0.322 e. The molecular weight excluding hydrogens is 264 g/mol. The molecule has 116 valence electrons. The molecule has 4 nitrogen and oxygen atoms in total. The van der Waals surface area contributed by atoms with Gasteiger partial charge in [0.05, 0.1) is 7.11 Å². The molecular formula is C17H26N2O2. The summed E-state index contributed by atoms with van der Waals surface area (Å²) in [6.07, 6.45) is 2.94. The summed E-state index contributed by atoms with van der Waals surface area (Å²) in [5.74, 6) is -0.149. The number of ether oxygens (including phenoxy) is 1. The van der Waals surface area contributed by atoms with Crippen molar-refractivity contribution in [1.29, 1.82) is 0 Å². The van der Waals surface area contributed by atoms with Crippen LogP contribution in [-0.4, -0.2) is 43.2 Å². The molecule has 21 heavy (non-hydrogen) atoms. The summed E-state index contributed by atoms with van der Waals surface area (Å²) in [6, 6.07) is 10.8. The van der Waals surface area contributed by atoms with Crippen LogP contribution in [0, 0.1) is 0 Å². The molecule has 1 N–H and O–H groups in total. The van der Waals surface area contributed by atoms with Crippen molar-refractivity contribution in [3.63, 3.8) is 0 Å². The summed E-state index contributed by atoms with van der Waals surface area (Å²) in [6.45, 7) is 5.18. The normalized spacial score (nSPS) is 18.4. The lowest BCUT2D eigenvalue weighted by molar-refractivity contribution is -0.143. The second-order valence-corrected chi connectivity index (χ2v) is 5.69. The molecule has 0 amide bonds. The van der Waals surface area contributed by atoms with E-state index in [1.165, 1.54) is 12.7 Å². The third-order valence-corrected chi connectivity index (χ3v) is 4.17. The van der Waals surface area contributed by atoms with Gasteiger partial charge in [0, 0.05) is 12.6 Å². The Morgan fingerprint density at radius 2 is 2.00 bits per heavy atom. The van der Waals surface area contributed by atoms with Crippen LogP contribution in [-0.2, 0) is 16.1 Å². The fourth-order valence-electron chi connectivity index (χ4n) is 2.88. The largest absolute Gasteiger partial charge is 0.468 e. The first-order valence-electron chi connectivity index (χ1n) is 7.83. The number of hydrogen-bond donors (Lipinski definition) is 1. The van der Waals surface area contributed by atoms with Gasteiger partial charge in [0.15, 0.2) is 0 Å². The lowest BCUT2D eigenvalue weighted by Gasteiger charge is -2.34. The fourth-order valence-corrected chi connectivity index (χ4v) is 2.88. The maximum Gasteiger partial charge on any atom is 0.322 e. The predicted molar refractivity (Wildman–Crippen MR) is 84.0 cm³/mol. The minimum absolute atomic E-state index is 0.149. The molecule has 1 atom stereocenters. The summed E-state index contributed by atoms with van der Waals surface area (Å²) in [4.78, 5) is 14.1. The van der Waals surface area contributed by atoms with Gasteiger partial charge in [-0.05, 0) is 37.9 Å². The predicted octanol–water partition coefficient (Wildman–Crippen LogP) is 2.19. The first kappa shape index (κ1) is 16.0. The van der Waals surface area contributed by atoms with Crippen LogP contribution in [0.3, 0.4) is 0 Å². The molecule has 1 aromatic rings. The van der Waals surface area contributed by atoms with E-state index in [1.807, 2.05) is 6.92 Å². The minimum atomic E-state index is -0.166. The second kappa shape index (κ2) is 8.15. The van der Waals surface area contributed by atoms with Crippen LogP contribution in [0.5, 0.6) is 0 Å². The van der Waals surface area contributed by atoms with E-state index in [0.717, 1.165) is 38.9 Å². The lowest BCUT2D eigenvalue weighted by atomic mass is 10.0. The number of piperidine rings is 1. The maximum absolute atomic E-state index is 11.6. The number of hydrogen-bond acceptors (Lipinski definition) is 4. The average molecular weight is 290 g/mol. The van der Waals surface area contributed by atoms with Gasteiger partial charge < -0.3 is 10.1 Å². The molecule has 2 rings (SSSR count). The Hall–Kier alpha value is -1.39. The first-order valence-corrected chi connectivity index (χ1v) is 7.83. The molecule has 1 fully saturated rings. The van der Waals surface area contributed by atoms with Crippen molar-refractivity contribution in [3.05, 3.63) is 35.9 Å². The monoisotopic (exact) mass is 290 g/mol. The van der Waals surface area contributed by atoms with E-state index in [9.17, 15) is 4.79 Å². The number of carbonyl (C=O) groups excluding carboxylic acids is 1. The Labute approximate surface area is 127 Å². The molecule has 1 saturated heterocycles. The maximum atomic E-state index is 11.6. The van der Waals surface area contributed by atoms with Crippen molar-refractivity contribution in [2.45, 2.75) is 44.8 Å². The zero-order valence-corrected chi connectivity index (χ0v) is 13.0. The zero-order valence-electron chi connectivity index (χ0n) is 13.0. The Kier molecular flexibility index (Phi) is 6.21. The summed E-state index contributed by atoms with van der Waals surface area (Å²) in [7, 11) is 1.45. The molecule has 0 bridgehead atoms. The van der Waals surface area contributed by atoms with Crippen molar-refractivity contribution in [2.75, 3.05) is 20.2 Å². The van der Waals surface area contributed by atoms with Crippen LogP contribution in [0.2, 0.25) is 0 Å². The molecule has 0 spiro atoms. The zero-order chi connectivity index (χ0) is 15.1. The molecule has 1 aliphatic rings. The second-order valence-electron chi connectivity index (χ2n) is 5.69. The van der Waals surface area contributed by atoms with Crippen molar-refractivity contribution in [3.8, 4) is 0 Å². The number of nitrogens with one attached hydrogen (secondary N) is 1. The van der Waals surface area contributed by atoms with Crippen LogP contribution in [0.25, 0.3) is 0 Å². The van der Waals surface area contributed by atoms with E-state index >= 15 is 0 Å². The van der Waals surface area contributed by atoms with Gasteiger partial charge in [-0.1, -0.05) is 37.3 Å². The number of rotatable bonds is 6. The molecule has 1 aliphatic heterocycles. The Morgan fingerprint density at radius 3 is 2.57 bits per heavy atom. The van der Waals surface area contributed by atoms with Crippen molar-refractivity contribution in [2.24, 2.45) is 0 Å². The van der Waals surface area contributed by atoms with E-state index < -0.39 is 0 Å². The van der Waals surface area contributed by atoms with E-state index in [1.54, 1.807) is 0 Å². The molecule has 0 aliphatic carbocycles. The molecule has 1 unspecified atom stereocenters. The molecule has 0 saturated carbocycles. The summed E-state index contributed by atoms with van der Waals surface area (Å²) in [5.41, 5.74) is 1.37. The molecule has 0 aromatic heterocycles. The van der Waals surface area contributed by atoms with Gasteiger partial charge in [0.2, 0.25) is 0 Å². The Balaban J connectivity index is 1.76. The van der Waals surface area contributed by atoms with Crippen LogP contribution in [0.15, 0.2) is 30.3 Å². The van der Waals surface area contributed by atoms with Gasteiger partial charge in [-0.3, -0.25) is 9.69 Å². The molecule has 0 radical (unpaired) electrons. The van der Waals surface area contributed by atoms with Gasteiger partial charge in [-0.25, -0.2) is 0 Å². The quantitative estimate of drug-likeness (QED) is 0.816. The summed E-state index contributed by atoms with van der Waals surface area (Å²) < 4.78 is 4.83. The van der Waals surface area contributed by atoms with Gasteiger partial charge in [0.1, 0.15) is 6.04 Å². The SMILES string of the molecule is CCC(NC1CCN(Cc2ccccc2)CC1)C(=O)OC. The number of likely N-dealkylation sites (tertiary alicyclic amines) is 1. The molecule has 4 heteroatoms. The Bertz CT molecular complexity index is 428. The van der Waals surface area contributed by atoms with Crippen LogP contribution >= 0.6 is 0 Å². The van der Waals surface area contributed by atoms with Gasteiger partial charge in [-0.15, -0.1) is 0 Å². The highest BCUT2D eigenvalue weighted by molar-refractivity contribution is 5.75. The highest BCUT2D eigenvalue weighted by Gasteiger charge is 2.24. The van der Waals surface area contributed by atoms with Crippen molar-refractivity contribution in [1.82, 2.24) is 10.2 Å². The standard InChI is InChI=1S/C17H26N2O2/c1-3-16(17(20)21-2)18-15-9-11-19(12-10-15)13-14-7-5-4-6-8-14/h4-8,15-16,18H,3,9-13H2,1-2H3. The Morgan fingerprint density at radius 1 is 1.33 bits per heavy atom. The van der Waals surface area contributed by atoms with E-state index in [0.29, 0.717) is 6.04 Å². The van der Waals surface area contributed by atoms with Crippen molar-refractivity contribution >= 4 is 5.97 Å². The number of carbonyl (C=O) groups is 1. The number of benzene rings is 1. The molecule has 1 aromatic carbocycles. The number of nitrogens with zero attached hydrogens (tertiary/aromatic N) is 1. The van der Waals surface area contributed by atoms with E-state index in [-0.39, 0.29) is 12.0 Å². The highest BCUT2D eigenvalue weighted by atomic mass is 16.5. The lowest BCUT2D eigenvalue weighted by Crippen LogP contribution is -2.48. The van der Waals surface area contributed by atoms with Crippen LogP contribution < -0.4 is 5.32 Å². The van der Waals surface area contributed by atoms with Gasteiger partial charge in [0.25, 0.3) is 0 Å². The summed E-state index contributed by atoms with van der Waals surface area (Å²) >= 11 is 0. The highest BCUT2D eigenvalue weighted by Crippen LogP contribution is 2.15. The van der Waals surface area contributed by atoms with Gasteiger partial charge >= 0.3 is 5.97 Å². The third kappa shape index (κ3) is 4.83. The number of methoxy groups -OCH3 is 1. The van der Waals surface area contributed by atoms with Crippen LogP contribution in [0.1, 0.15) is 31.7 Å². The number of esters is 1. The van der Waals surface area contributed by atoms with Gasteiger partial charge in [-0.2, -0.15) is 0 Å². The summed E-state index contributed by atoms with van der Waals surface area (Å²) in [5, 5.41) is 3.44. The third-order valence-electron chi connectivity index (χ3n) is 4.17. The first-order chi connectivity index (χ1) is 10.2. The van der Waals surface area contributed by atoms with E-state index in [4.69, 9.17) is 4.74 Å².